The number of anilines is 1. The minimum absolute atomic E-state index is 0.174. The van der Waals surface area contributed by atoms with E-state index in [1.807, 2.05) is 0 Å². The summed E-state index contributed by atoms with van der Waals surface area (Å²) in [6.07, 6.45) is 5.83. The Hall–Kier alpha value is -2.53. The number of thioether (sulfide) groups is 1. The van der Waals surface area contributed by atoms with Crippen molar-refractivity contribution in [2.75, 3.05) is 11.2 Å². The highest BCUT2D eigenvalue weighted by atomic mass is 32.2. The van der Waals surface area contributed by atoms with Crippen LogP contribution in [-0.2, 0) is 4.79 Å². The summed E-state index contributed by atoms with van der Waals surface area (Å²) in [6, 6.07) is 8.88. The minimum Gasteiger partial charge on any atom is -0.336 e. The molecule has 3 rings (SSSR count). The molecule has 3 N–H and O–H groups in total. The van der Waals surface area contributed by atoms with E-state index in [0.29, 0.717) is 22.3 Å². The second-order valence-corrected chi connectivity index (χ2v) is 7.80. The number of nitrogens with zero attached hydrogens (tertiary/aromatic N) is 4. The molecule has 0 saturated heterocycles. The van der Waals surface area contributed by atoms with Gasteiger partial charge in [-0.3, -0.25) is 4.79 Å². The molecule has 1 saturated carbocycles. The van der Waals surface area contributed by atoms with Crippen LogP contribution >= 0.6 is 11.8 Å². The van der Waals surface area contributed by atoms with Gasteiger partial charge in [0.1, 0.15) is 0 Å². The van der Waals surface area contributed by atoms with E-state index in [4.69, 9.17) is 11.1 Å². The fraction of sp³-hybridized carbons (Fsp3) is 0.444. The molecule has 26 heavy (non-hydrogen) atoms. The number of hydrogen-bond acceptors (Lipinski definition) is 6. The van der Waals surface area contributed by atoms with E-state index in [1.54, 1.807) is 31.2 Å². The maximum Gasteiger partial charge on any atom is 0.237 e. The number of carbonyl (C=O) groups is 1. The van der Waals surface area contributed by atoms with Crippen molar-refractivity contribution in [1.82, 2.24) is 14.9 Å². The van der Waals surface area contributed by atoms with Crippen molar-refractivity contribution in [3.63, 3.8) is 0 Å². The molecule has 1 aliphatic rings. The lowest BCUT2D eigenvalue weighted by Gasteiger charge is -2.20. The number of aromatic nitrogens is 3. The summed E-state index contributed by atoms with van der Waals surface area (Å²) in [5.74, 6) is 7.16. The van der Waals surface area contributed by atoms with E-state index >= 15 is 0 Å². The molecular formula is C18H22N6OS. The smallest absolute Gasteiger partial charge is 0.237 e. The van der Waals surface area contributed by atoms with Gasteiger partial charge in [-0.25, -0.2) is 4.68 Å². The molecule has 1 amide bonds. The predicted molar refractivity (Wildman–Crippen MR) is 101 cm³/mol. The number of hydrogen-bond donors (Lipinski definition) is 2. The number of nitrogen functional groups attached to an aromatic ring is 1. The lowest BCUT2D eigenvalue weighted by molar-refractivity contribution is -0.115. The summed E-state index contributed by atoms with van der Waals surface area (Å²) in [5.41, 5.74) is 1.10. The number of carbonyl (C=O) groups excluding carboxylic acids is 1. The van der Waals surface area contributed by atoms with Crippen LogP contribution in [0, 0.1) is 11.3 Å². The summed E-state index contributed by atoms with van der Waals surface area (Å²) in [6.45, 7) is 1.79. The van der Waals surface area contributed by atoms with Crippen LogP contribution in [0.3, 0.4) is 0 Å². The van der Waals surface area contributed by atoms with Gasteiger partial charge in [-0.15, -0.1) is 10.2 Å². The maximum absolute atomic E-state index is 12.4. The zero-order chi connectivity index (χ0) is 18.5. The summed E-state index contributed by atoms with van der Waals surface area (Å²) in [4.78, 5) is 12.4. The first kappa shape index (κ1) is 18.3. The van der Waals surface area contributed by atoms with Crippen molar-refractivity contribution >= 4 is 23.4 Å². The Morgan fingerprint density at radius 2 is 2.15 bits per heavy atom. The molecule has 1 aromatic carbocycles. The monoisotopic (exact) mass is 370 g/mol. The Kier molecular flexibility index (Phi) is 5.78. The van der Waals surface area contributed by atoms with Crippen molar-refractivity contribution in [2.45, 2.75) is 55.4 Å². The Labute approximate surface area is 156 Å². The number of nitrogens with two attached hydrogens (primary N) is 1. The summed E-state index contributed by atoms with van der Waals surface area (Å²) in [7, 11) is 0. The van der Waals surface area contributed by atoms with E-state index in [-0.39, 0.29) is 5.91 Å². The average Bonchev–Trinajstić information content (AvgIpc) is 3.03. The second kappa shape index (κ2) is 8.23. The Morgan fingerprint density at radius 1 is 1.38 bits per heavy atom. The largest absolute Gasteiger partial charge is 0.336 e. The molecule has 0 aliphatic heterocycles. The molecule has 8 heteroatoms. The van der Waals surface area contributed by atoms with Gasteiger partial charge in [-0.1, -0.05) is 37.1 Å². The third-order valence-electron chi connectivity index (χ3n) is 4.57. The predicted octanol–water partition coefficient (Wildman–Crippen LogP) is 3.03. The number of rotatable bonds is 5. The molecule has 1 aromatic heterocycles. The topological polar surface area (TPSA) is 110 Å². The number of benzene rings is 1. The highest BCUT2D eigenvalue weighted by Crippen LogP contribution is 2.32. The molecule has 0 bridgehead atoms. The molecule has 2 aromatic rings. The lowest BCUT2D eigenvalue weighted by atomic mass is 9.89. The zero-order valence-corrected chi connectivity index (χ0v) is 15.5. The van der Waals surface area contributed by atoms with Crippen molar-refractivity contribution in [1.29, 1.82) is 5.26 Å². The van der Waals surface area contributed by atoms with E-state index in [1.165, 1.54) is 35.7 Å². The molecule has 7 nitrogen and oxygen atoms in total. The summed E-state index contributed by atoms with van der Waals surface area (Å²) in [5, 5.41) is 20.3. The van der Waals surface area contributed by atoms with Crippen LogP contribution in [0.25, 0.3) is 0 Å². The first-order chi connectivity index (χ1) is 12.6. The summed E-state index contributed by atoms with van der Waals surface area (Å²) < 4.78 is 1.53. The fourth-order valence-electron chi connectivity index (χ4n) is 3.13. The zero-order valence-electron chi connectivity index (χ0n) is 14.7. The Balaban J connectivity index is 1.64. The standard InChI is InChI=1S/C18H22N6OS/c1-12(17(25)21-15-9-5-6-13(10-15)11-19)26-18-23-22-16(24(18)20)14-7-3-2-4-8-14/h5-6,9-10,12,14H,2-4,7-8,20H2,1H3,(H,21,25)/t12-/m1/s1. The lowest BCUT2D eigenvalue weighted by Crippen LogP contribution is -2.24. The molecule has 1 aliphatic carbocycles. The van der Waals surface area contributed by atoms with Crippen LogP contribution in [-0.4, -0.2) is 26.0 Å². The van der Waals surface area contributed by atoms with Crippen molar-refractivity contribution in [3.05, 3.63) is 35.7 Å². The third-order valence-corrected chi connectivity index (χ3v) is 5.63. The SMILES string of the molecule is C[C@@H](Sc1nnc(C2CCCCC2)n1N)C(=O)Nc1cccc(C#N)c1. The minimum atomic E-state index is -0.397. The van der Waals surface area contributed by atoms with Crippen molar-refractivity contribution in [2.24, 2.45) is 0 Å². The number of amides is 1. The van der Waals surface area contributed by atoms with Gasteiger partial charge < -0.3 is 11.2 Å². The van der Waals surface area contributed by atoms with Gasteiger partial charge in [0, 0.05) is 11.6 Å². The van der Waals surface area contributed by atoms with Gasteiger partial charge in [0.05, 0.1) is 16.9 Å². The van der Waals surface area contributed by atoms with Crippen LogP contribution < -0.4 is 11.2 Å². The highest BCUT2D eigenvalue weighted by molar-refractivity contribution is 8.00. The Morgan fingerprint density at radius 3 is 2.88 bits per heavy atom. The first-order valence-electron chi connectivity index (χ1n) is 8.76. The van der Waals surface area contributed by atoms with Crippen LogP contribution in [0.5, 0.6) is 0 Å². The molecule has 136 valence electrons. The van der Waals surface area contributed by atoms with E-state index in [0.717, 1.165) is 18.7 Å². The van der Waals surface area contributed by atoms with Gasteiger partial charge in [0.25, 0.3) is 0 Å². The van der Waals surface area contributed by atoms with Crippen LogP contribution in [0.2, 0.25) is 0 Å². The van der Waals surface area contributed by atoms with Gasteiger partial charge >= 0.3 is 0 Å². The Bertz CT molecular complexity index is 821. The number of nitrogens with one attached hydrogen (secondary N) is 1. The second-order valence-electron chi connectivity index (χ2n) is 6.49. The third kappa shape index (κ3) is 4.17. The molecule has 1 fully saturated rings. The van der Waals surface area contributed by atoms with E-state index in [9.17, 15) is 4.79 Å². The van der Waals surface area contributed by atoms with Crippen LogP contribution in [0.4, 0.5) is 5.69 Å². The molecular weight excluding hydrogens is 348 g/mol. The molecule has 1 atom stereocenters. The molecule has 1 heterocycles. The van der Waals surface area contributed by atoms with E-state index in [2.05, 4.69) is 21.6 Å². The van der Waals surface area contributed by atoms with Crippen molar-refractivity contribution in [3.8, 4) is 6.07 Å². The normalized spacial score (nSPS) is 16.0. The molecule has 0 unspecified atom stereocenters. The molecule has 0 spiro atoms. The fourth-order valence-corrected chi connectivity index (χ4v) is 3.91. The maximum atomic E-state index is 12.4. The number of nitriles is 1. The quantitative estimate of drug-likeness (QED) is 0.618. The van der Waals surface area contributed by atoms with Crippen LogP contribution in [0.1, 0.15) is 56.3 Å². The first-order valence-corrected chi connectivity index (χ1v) is 9.64. The highest BCUT2D eigenvalue weighted by Gasteiger charge is 2.24. The van der Waals surface area contributed by atoms with Gasteiger partial charge in [-0.2, -0.15) is 5.26 Å². The van der Waals surface area contributed by atoms with Gasteiger partial charge in [0.2, 0.25) is 11.1 Å². The van der Waals surface area contributed by atoms with E-state index < -0.39 is 5.25 Å². The summed E-state index contributed by atoms with van der Waals surface area (Å²) >= 11 is 1.28. The van der Waals surface area contributed by atoms with Gasteiger partial charge in [0.15, 0.2) is 5.82 Å². The average molecular weight is 370 g/mol. The van der Waals surface area contributed by atoms with Crippen molar-refractivity contribution < 1.29 is 4.79 Å². The van der Waals surface area contributed by atoms with Gasteiger partial charge in [-0.05, 0) is 38.0 Å². The van der Waals surface area contributed by atoms with Crippen LogP contribution in [0.15, 0.2) is 29.4 Å². The molecule has 0 radical (unpaired) electrons.